The zero-order chi connectivity index (χ0) is 24.1. The molecule has 2 rings (SSSR count). The van der Waals surface area contributed by atoms with E-state index in [4.69, 9.17) is 4.74 Å². The molecule has 0 aliphatic rings. The van der Waals surface area contributed by atoms with Crippen LogP contribution in [0.25, 0.3) is 0 Å². The lowest BCUT2D eigenvalue weighted by Crippen LogP contribution is -2.42. The normalized spacial score (nSPS) is 11.3. The number of rotatable bonds is 13. The molecule has 2 aromatic rings. The molecule has 0 aromatic heterocycles. The van der Waals surface area contributed by atoms with Crippen molar-refractivity contribution >= 4 is 23.7 Å². The Kier molecular flexibility index (Phi) is 10.3. The van der Waals surface area contributed by atoms with E-state index in [0.29, 0.717) is 31.4 Å². The van der Waals surface area contributed by atoms with Crippen molar-refractivity contribution in [2.75, 3.05) is 6.54 Å². The van der Waals surface area contributed by atoms with Crippen LogP contribution in [0.4, 0.5) is 10.5 Å². The fourth-order valence-electron chi connectivity index (χ4n) is 3.01. The molecule has 0 fully saturated rings. The van der Waals surface area contributed by atoms with Crippen molar-refractivity contribution < 1.29 is 29.2 Å². The van der Waals surface area contributed by atoms with Crippen LogP contribution in [0.1, 0.15) is 36.8 Å². The highest BCUT2D eigenvalue weighted by Crippen LogP contribution is 2.13. The number of nitro groups is 1. The summed E-state index contributed by atoms with van der Waals surface area (Å²) in [6.45, 7) is 0.602. The molecule has 0 unspecified atom stereocenters. The fourth-order valence-corrected chi connectivity index (χ4v) is 3.01. The first-order valence-electron chi connectivity index (χ1n) is 10.5. The number of aliphatic carboxylic acids is 1. The van der Waals surface area contributed by atoms with Gasteiger partial charge in [-0.25, -0.2) is 9.59 Å². The Bertz CT molecular complexity index is 933. The number of alkyl carbamates (subject to hydrolysis) is 1. The first-order chi connectivity index (χ1) is 15.8. The summed E-state index contributed by atoms with van der Waals surface area (Å²) >= 11 is 0. The van der Waals surface area contributed by atoms with Gasteiger partial charge < -0.3 is 20.5 Å². The van der Waals surface area contributed by atoms with Crippen molar-refractivity contribution in [1.29, 1.82) is 0 Å². The monoisotopic (exact) mass is 457 g/mol. The van der Waals surface area contributed by atoms with Crippen molar-refractivity contribution in [3.05, 3.63) is 75.8 Å². The van der Waals surface area contributed by atoms with Gasteiger partial charge in [0.2, 0.25) is 5.91 Å². The molecule has 0 aliphatic heterocycles. The molecule has 2 aromatic carbocycles. The minimum Gasteiger partial charge on any atom is -0.480 e. The van der Waals surface area contributed by atoms with Gasteiger partial charge in [0.15, 0.2) is 0 Å². The average molecular weight is 457 g/mol. The number of ether oxygens (including phenoxy) is 1. The topological polar surface area (TPSA) is 148 Å². The average Bonchev–Trinajstić information content (AvgIpc) is 2.80. The Labute approximate surface area is 191 Å². The molecule has 3 N–H and O–H groups in total. The Morgan fingerprint density at radius 3 is 2.30 bits per heavy atom. The molecule has 2 amide bonds. The van der Waals surface area contributed by atoms with Gasteiger partial charge in [0.1, 0.15) is 12.6 Å². The number of carboxylic acids is 1. The number of nitrogens with zero attached hydrogens (tertiary/aromatic N) is 1. The third kappa shape index (κ3) is 9.81. The molecule has 0 heterocycles. The number of carboxylic acid groups (broad SMARTS) is 1. The summed E-state index contributed by atoms with van der Waals surface area (Å²) in [7, 11) is 0. The van der Waals surface area contributed by atoms with E-state index in [0.717, 1.165) is 5.56 Å². The van der Waals surface area contributed by atoms with E-state index in [2.05, 4.69) is 10.6 Å². The number of benzene rings is 2. The molecule has 0 bridgehead atoms. The summed E-state index contributed by atoms with van der Waals surface area (Å²) in [6.07, 6.45) is 1.53. The molecule has 0 saturated carbocycles. The van der Waals surface area contributed by atoms with Crippen LogP contribution >= 0.6 is 0 Å². The van der Waals surface area contributed by atoms with Crippen LogP contribution in [0.5, 0.6) is 0 Å². The van der Waals surface area contributed by atoms with Crippen molar-refractivity contribution in [3.63, 3.8) is 0 Å². The standard InChI is InChI=1S/C23H27N3O7/c27-21(25-20(22(28)29)15-17-10-12-19(13-11-17)26(31)32)9-5-2-6-14-24-23(30)33-16-18-7-3-1-4-8-18/h1,3-4,7-8,10-13,20H,2,5-6,9,14-16H2,(H,24,30)(H,25,27)(H,28,29)/t20-/m1/s1. The summed E-state index contributed by atoms with van der Waals surface area (Å²) in [5.74, 6) is -1.57. The van der Waals surface area contributed by atoms with Gasteiger partial charge in [-0.15, -0.1) is 0 Å². The second-order valence-corrected chi connectivity index (χ2v) is 7.39. The summed E-state index contributed by atoms with van der Waals surface area (Å²) in [5.41, 5.74) is 1.37. The molecule has 10 heteroatoms. The van der Waals surface area contributed by atoms with Crippen LogP contribution in [0, 0.1) is 10.1 Å². The van der Waals surface area contributed by atoms with Gasteiger partial charge in [-0.3, -0.25) is 14.9 Å². The lowest BCUT2D eigenvalue weighted by Gasteiger charge is -2.14. The van der Waals surface area contributed by atoms with E-state index in [1.807, 2.05) is 30.3 Å². The lowest BCUT2D eigenvalue weighted by molar-refractivity contribution is -0.384. The number of non-ortho nitro benzene ring substituents is 1. The maximum atomic E-state index is 12.1. The van der Waals surface area contributed by atoms with Crippen molar-refractivity contribution in [1.82, 2.24) is 10.6 Å². The summed E-state index contributed by atoms with van der Waals surface area (Å²) in [5, 5.41) is 25.2. The molecule has 0 spiro atoms. The van der Waals surface area contributed by atoms with Crippen molar-refractivity contribution in [3.8, 4) is 0 Å². The van der Waals surface area contributed by atoms with Gasteiger partial charge in [0.25, 0.3) is 5.69 Å². The highest BCUT2D eigenvalue weighted by Gasteiger charge is 2.20. The van der Waals surface area contributed by atoms with Crippen molar-refractivity contribution in [2.24, 2.45) is 0 Å². The third-order valence-electron chi connectivity index (χ3n) is 4.78. The van der Waals surface area contributed by atoms with Crippen LogP contribution in [-0.4, -0.2) is 40.6 Å². The summed E-state index contributed by atoms with van der Waals surface area (Å²) in [4.78, 5) is 45.4. The van der Waals surface area contributed by atoms with Gasteiger partial charge in [0, 0.05) is 31.5 Å². The minimum absolute atomic E-state index is 0.0219. The Morgan fingerprint density at radius 2 is 1.67 bits per heavy atom. The predicted molar refractivity (Wildman–Crippen MR) is 119 cm³/mol. The largest absolute Gasteiger partial charge is 0.480 e. The second kappa shape index (κ2) is 13.5. The van der Waals surface area contributed by atoms with Gasteiger partial charge in [-0.05, 0) is 24.0 Å². The van der Waals surface area contributed by atoms with E-state index < -0.39 is 23.0 Å². The van der Waals surface area contributed by atoms with E-state index in [1.54, 1.807) is 0 Å². The van der Waals surface area contributed by atoms with E-state index >= 15 is 0 Å². The Hall–Kier alpha value is -3.95. The molecule has 1 atom stereocenters. The summed E-state index contributed by atoms with van der Waals surface area (Å²) in [6, 6.07) is 13.7. The van der Waals surface area contributed by atoms with Gasteiger partial charge in [-0.1, -0.05) is 48.9 Å². The quantitative estimate of drug-likeness (QED) is 0.238. The zero-order valence-electron chi connectivity index (χ0n) is 18.1. The minimum atomic E-state index is -1.18. The van der Waals surface area contributed by atoms with E-state index in [9.17, 15) is 29.6 Å². The third-order valence-corrected chi connectivity index (χ3v) is 4.78. The van der Waals surface area contributed by atoms with Gasteiger partial charge in [0.05, 0.1) is 4.92 Å². The summed E-state index contributed by atoms with van der Waals surface area (Å²) < 4.78 is 5.10. The maximum absolute atomic E-state index is 12.1. The number of carbonyl (C=O) groups is 3. The first-order valence-corrected chi connectivity index (χ1v) is 10.5. The lowest BCUT2D eigenvalue weighted by atomic mass is 10.1. The number of hydrogen-bond donors (Lipinski definition) is 3. The van der Waals surface area contributed by atoms with Crippen LogP contribution in [0.15, 0.2) is 54.6 Å². The fraction of sp³-hybridized carbons (Fsp3) is 0.348. The number of hydrogen-bond acceptors (Lipinski definition) is 6. The number of nitro benzene ring substituents is 1. The first kappa shape index (κ1) is 25.3. The SMILES string of the molecule is O=C(CCCCCNC(=O)OCc1ccccc1)N[C@H](Cc1ccc([N+](=O)[O-])cc1)C(=O)O. The second-order valence-electron chi connectivity index (χ2n) is 7.39. The number of nitrogens with one attached hydrogen (secondary N) is 2. The molecular formula is C23H27N3O7. The van der Waals surface area contributed by atoms with E-state index in [-0.39, 0.29) is 31.0 Å². The maximum Gasteiger partial charge on any atom is 0.407 e. The molecule has 0 saturated heterocycles. The van der Waals surface area contributed by atoms with Crippen LogP contribution in [0.2, 0.25) is 0 Å². The highest BCUT2D eigenvalue weighted by molar-refractivity contribution is 5.83. The Morgan fingerprint density at radius 1 is 0.970 bits per heavy atom. The van der Waals surface area contributed by atoms with E-state index in [1.165, 1.54) is 24.3 Å². The van der Waals surface area contributed by atoms with Crippen LogP contribution in [-0.2, 0) is 27.4 Å². The Balaban J connectivity index is 1.61. The number of unbranched alkanes of at least 4 members (excludes halogenated alkanes) is 2. The number of carbonyl (C=O) groups excluding carboxylic acids is 2. The predicted octanol–water partition coefficient (Wildman–Crippen LogP) is 3.19. The molecule has 0 aliphatic carbocycles. The molecule has 0 radical (unpaired) electrons. The van der Waals surface area contributed by atoms with Crippen LogP contribution < -0.4 is 10.6 Å². The molecule has 33 heavy (non-hydrogen) atoms. The zero-order valence-corrected chi connectivity index (χ0v) is 18.1. The highest BCUT2D eigenvalue weighted by atomic mass is 16.6. The molecular weight excluding hydrogens is 430 g/mol. The van der Waals surface area contributed by atoms with Crippen molar-refractivity contribution in [2.45, 2.75) is 44.8 Å². The number of amides is 2. The van der Waals surface area contributed by atoms with Crippen LogP contribution in [0.3, 0.4) is 0 Å². The van der Waals surface area contributed by atoms with Gasteiger partial charge >= 0.3 is 12.1 Å². The van der Waals surface area contributed by atoms with Gasteiger partial charge in [-0.2, -0.15) is 0 Å². The molecule has 176 valence electrons. The smallest absolute Gasteiger partial charge is 0.407 e. The molecule has 10 nitrogen and oxygen atoms in total.